The molecular weight excluding hydrogens is 614 g/mol. The van der Waals surface area contributed by atoms with Gasteiger partial charge >= 0.3 is 13.7 Å². The topological polar surface area (TPSA) is 202 Å². The number of para-hydroxylation sites is 1. The first-order chi connectivity index (χ1) is 21.3. The van der Waals surface area contributed by atoms with E-state index in [-0.39, 0.29) is 41.5 Å². The SMILES string of the molecule is CCOc1nc(N)nc2c1ncn2[C@@H]1O[C@](F)(COP(=O)(NC(C)C(=O)OC2CCCCC2)Oc2ccccc2)[C@@H](O)[C@@]1(C)O. The number of anilines is 1. The average molecular weight is 653 g/mol. The van der Waals surface area contributed by atoms with Crippen LogP contribution in [0.2, 0.25) is 0 Å². The van der Waals surface area contributed by atoms with Gasteiger partial charge in [-0.05, 0) is 58.6 Å². The number of benzene rings is 1. The molecule has 1 aromatic carbocycles. The van der Waals surface area contributed by atoms with Crippen molar-refractivity contribution in [3.05, 3.63) is 36.7 Å². The molecule has 0 bridgehead atoms. The van der Waals surface area contributed by atoms with Crippen molar-refractivity contribution in [1.29, 1.82) is 0 Å². The van der Waals surface area contributed by atoms with Crippen molar-refractivity contribution in [3.8, 4) is 11.6 Å². The summed E-state index contributed by atoms with van der Waals surface area (Å²) in [5.74, 6) is -3.83. The van der Waals surface area contributed by atoms with Crippen molar-refractivity contribution in [3.63, 3.8) is 0 Å². The maximum Gasteiger partial charge on any atom is 0.459 e. The molecule has 5 rings (SSSR count). The van der Waals surface area contributed by atoms with Gasteiger partial charge in [0.25, 0.3) is 5.85 Å². The number of hydrogen-bond acceptors (Lipinski definition) is 13. The van der Waals surface area contributed by atoms with E-state index in [0.717, 1.165) is 39.0 Å². The van der Waals surface area contributed by atoms with Gasteiger partial charge in [-0.3, -0.25) is 13.9 Å². The molecular formula is C28H38FN6O9P. The molecule has 2 fully saturated rings. The molecule has 2 unspecified atom stereocenters. The highest BCUT2D eigenvalue weighted by atomic mass is 31.2. The Balaban J connectivity index is 1.37. The van der Waals surface area contributed by atoms with E-state index >= 15 is 4.39 Å². The van der Waals surface area contributed by atoms with Crippen LogP contribution in [0.3, 0.4) is 0 Å². The maximum absolute atomic E-state index is 16.4. The lowest BCUT2D eigenvalue weighted by Crippen LogP contribution is -2.49. The highest BCUT2D eigenvalue weighted by Crippen LogP contribution is 2.51. The summed E-state index contributed by atoms with van der Waals surface area (Å²) in [6.45, 7) is 3.35. The largest absolute Gasteiger partial charge is 0.476 e. The Morgan fingerprint density at radius 2 is 1.98 bits per heavy atom. The standard InChI is InChI=1S/C28H38FN6O9P/c1-4-40-22-20-21(32-26(30)33-22)35(16-31-20)25-27(3,38)24(37)28(29,43-25)15-41-45(39,44-19-13-9-6-10-14-19)34-17(2)23(36)42-18-11-7-5-8-12-18/h6,9-10,13-14,16-18,24-25,37-38H,4-5,7-8,11-12,15H2,1-3H3,(H,34,39)(H2,30,32,33)/t17?,24-,25+,27+,28+,45?/m0/s1. The van der Waals surface area contributed by atoms with Gasteiger partial charge in [0.2, 0.25) is 11.8 Å². The number of imidazole rings is 1. The molecule has 45 heavy (non-hydrogen) atoms. The quantitative estimate of drug-likeness (QED) is 0.164. The molecule has 17 heteroatoms. The molecule has 2 aromatic heterocycles. The number of alkyl halides is 1. The number of nitrogens with one attached hydrogen (secondary N) is 1. The van der Waals surface area contributed by atoms with Crippen LogP contribution in [-0.2, 0) is 23.4 Å². The van der Waals surface area contributed by atoms with Crippen LogP contribution in [0.1, 0.15) is 59.1 Å². The molecule has 1 aliphatic carbocycles. The van der Waals surface area contributed by atoms with Crippen molar-refractivity contribution in [2.75, 3.05) is 18.9 Å². The first-order valence-electron chi connectivity index (χ1n) is 14.7. The predicted octanol–water partition coefficient (Wildman–Crippen LogP) is 3.17. The van der Waals surface area contributed by atoms with E-state index in [9.17, 15) is 19.6 Å². The van der Waals surface area contributed by atoms with Gasteiger partial charge in [0.1, 0.15) is 36.2 Å². The summed E-state index contributed by atoms with van der Waals surface area (Å²) in [4.78, 5) is 25.2. The van der Waals surface area contributed by atoms with E-state index in [1.54, 1.807) is 25.1 Å². The average Bonchev–Trinajstić information content (AvgIpc) is 3.50. The second-order valence-corrected chi connectivity index (χ2v) is 12.9. The summed E-state index contributed by atoms with van der Waals surface area (Å²) in [5.41, 5.74) is 3.74. The molecule has 246 valence electrons. The van der Waals surface area contributed by atoms with Crippen LogP contribution in [0.15, 0.2) is 36.7 Å². The Hall–Kier alpha value is -3.40. The molecule has 15 nitrogen and oxygen atoms in total. The Labute approximate surface area is 258 Å². The molecule has 3 aromatic rings. The van der Waals surface area contributed by atoms with Crippen LogP contribution in [0, 0.1) is 0 Å². The van der Waals surface area contributed by atoms with E-state index in [1.165, 1.54) is 30.0 Å². The zero-order chi connectivity index (χ0) is 32.4. The number of aromatic nitrogens is 4. The number of rotatable bonds is 12. The van der Waals surface area contributed by atoms with E-state index in [0.29, 0.717) is 0 Å². The van der Waals surface area contributed by atoms with Crippen LogP contribution >= 0.6 is 7.75 Å². The number of fused-ring (bicyclic) bond motifs is 1. The fourth-order valence-corrected chi connectivity index (χ4v) is 6.83. The molecule has 5 N–H and O–H groups in total. The Morgan fingerprint density at radius 1 is 1.27 bits per heavy atom. The summed E-state index contributed by atoms with van der Waals surface area (Å²) in [6, 6.07) is 6.74. The van der Waals surface area contributed by atoms with Crippen molar-refractivity contribution in [2.24, 2.45) is 0 Å². The third kappa shape index (κ3) is 7.05. The van der Waals surface area contributed by atoms with Crippen LogP contribution in [0.25, 0.3) is 11.2 Å². The summed E-state index contributed by atoms with van der Waals surface area (Å²) in [6.07, 6.45) is 1.50. The molecule has 3 heterocycles. The van der Waals surface area contributed by atoms with Crippen LogP contribution in [0.4, 0.5) is 10.3 Å². The highest BCUT2D eigenvalue weighted by molar-refractivity contribution is 7.52. The smallest absolute Gasteiger partial charge is 0.459 e. The van der Waals surface area contributed by atoms with Crippen molar-refractivity contribution < 1.29 is 47.2 Å². The molecule has 2 aliphatic rings. The third-order valence-corrected chi connectivity index (χ3v) is 9.27. The number of aliphatic hydroxyl groups excluding tert-OH is 1. The summed E-state index contributed by atoms with van der Waals surface area (Å²) < 4.78 is 59.3. The number of ether oxygens (including phenoxy) is 3. The fraction of sp³-hybridized carbons (Fsp3) is 0.571. The molecule has 0 amide bonds. The number of nitrogens with zero attached hydrogens (tertiary/aromatic N) is 4. The fourth-order valence-electron chi connectivity index (χ4n) is 5.33. The van der Waals surface area contributed by atoms with Crippen LogP contribution in [0.5, 0.6) is 11.6 Å². The summed E-state index contributed by atoms with van der Waals surface area (Å²) in [7, 11) is -4.54. The van der Waals surface area contributed by atoms with Gasteiger partial charge in [0.05, 0.1) is 12.9 Å². The van der Waals surface area contributed by atoms with Gasteiger partial charge in [-0.25, -0.2) is 13.9 Å². The normalized spacial score (nSPS) is 27.6. The third-order valence-electron chi connectivity index (χ3n) is 7.65. The molecule has 0 spiro atoms. The Kier molecular flexibility index (Phi) is 9.63. The minimum Gasteiger partial charge on any atom is -0.476 e. The minimum atomic E-state index is -4.54. The maximum atomic E-state index is 16.4. The molecule has 6 atom stereocenters. The van der Waals surface area contributed by atoms with Gasteiger partial charge < -0.3 is 34.7 Å². The van der Waals surface area contributed by atoms with E-state index < -0.39 is 50.2 Å². The lowest BCUT2D eigenvalue weighted by Gasteiger charge is -2.29. The summed E-state index contributed by atoms with van der Waals surface area (Å²) in [5, 5.41) is 24.8. The molecule has 1 aliphatic heterocycles. The minimum absolute atomic E-state index is 0.0404. The van der Waals surface area contributed by atoms with Crippen LogP contribution in [-0.4, -0.2) is 78.6 Å². The predicted molar refractivity (Wildman–Crippen MR) is 158 cm³/mol. The van der Waals surface area contributed by atoms with Gasteiger partial charge in [0.15, 0.2) is 17.4 Å². The van der Waals surface area contributed by atoms with E-state index in [2.05, 4.69) is 20.0 Å². The van der Waals surface area contributed by atoms with Crippen molar-refractivity contribution in [2.45, 2.75) is 88.8 Å². The van der Waals surface area contributed by atoms with Gasteiger partial charge in [-0.1, -0.05) is 24.6 Å². The monoisotopic (exact) mass is 652 g/mol. The first-order valence-corrected chi connectivity index (χ1v) is 16.3. The number of hydrogen-bond donors (Lipinski definition) is 4. The van der Waals surface area contributed by atoms with Gasteiger partial charge in [0, 0.05) is 0 Å². The lowest BCUT2D eigenvalue weighted by atomic mass is 9.95. The van der Waals surface area contributed by atoms with E-state index in [4.69, 9.17) is 29.0 Å². The second kappa shape index (κ2) is 13.1. The molecule has 1 saturated heterocycles. The van der Waals surface area contributed by atoms with Gasteiger partial charge in [-0.2, -0.15) is 15.1 Å². The number of nitrogen functional groups attached to an aromatic ring is 1. The van der Waals surface area contributed by atoms with Gasteiger partial charge in [-0.15, -0.1) is 0 Å². The van der Waals surface area contributed by atoms with Crippen molar-refractivity contribution in [1.82, 2.24) is 24.6 Å². The second-order valence-electron chi connectivity index (χ2n) is 11.3. The summed E-state index contributed by atoms with van der Waals surface area (Å²) >= 11 is 0. The lowest BCUT2D eigenvalue weighted by molar-refractivity contribution is -0.202. The molecule has 0 radical (unpaired) electrons. The number of carbonyl (C=O) groups excluding carboxylic acids is 1. The highest BCUT2D eigenvalue weighted by Gasteiger charge is 2.64. The van der Waals surface area contributed by atoms with Crippen molar-refractivity contribution >= 4 is 30.8 Å². The zero-order valence-corrected chi connectivity index (χ0v) is 26.1. The van der Waals surface area contributed by atoms with E-state index in [1.807, 2.05) is 0 Å². The number of aliphatic hydroxyl groups is 2. The Bertz CT molecular complexity index is 1540. The van der Waals surface area contributed by atoms with Crippen LogP contribution < -0.4 is 20.1 Å². The number of nitrogens with two attached hydrogens (primary N) is 1. The number of halogens is 1. The molecule has 1 saturated carbocycles. The Morgan fingerprint density at radius 3 is 2.67 bits per heavy atom. The number of esters is 1. The first kappa shape index (κ1) is 33.0. The zero-order valence-electron chi connectivity index (χ0n) is 25.2. The number of carbonyl (C=O) groups is 1.